The van der Waals surface area contributed by atoms with Gasteiger partial charge in [0.1, 0.15) is 0 Å². The Labute approximate surface area is 94.2 Å². The van der Waals surface area contributed by atoms with Gasteiger partial charge in [-0.1, -0.05) is 27.7 Å². The molecular formula is C12H26N2O. The van der Waals surface area contributed by atoms with Crippen LogP contribution in [-0.4, -0.2) is 36.0 Å². The minimum Gasteiger partial charge on any atom is -0.350 e. The number of amides is 1. The fourth-order valence-corrected chi connectivity index (χ4v) is 1.45. The summed E-state index contributed by atoms with van der Waals surface area (Å²) in [5, 5.41) is 3.11. The number of nitrogens with one attached hydrogen (secondary N) is 1. The fourth-order valence-electron chi connectivity index (χ4n) is 1.45. The summed E-state index contributed by atoms with van der Waals surface area (Å²) in [7, 11) is 0. The third-order valence-electron chi connectivity index (χ3n) is 3.26. The summed E-state index contributed by atoms with van der Waals surface area (Å²) in [5.74, 6) is 0.143. The van der Waals surface area contributed by atoms with Crippen molar-refractivity contribution in [1.29, 1.82) is 0 Å². The average Bonchev–Trinajstić information content (AvgIpc) is 2.25. The van der Waals surface area contributed by atoms with E-state index in [1.54, 1.807) is 0 Å². The predicted octanol–water partition coefficient (Wildman–Crippen LogP) is 2.02. The van der Waals surface area contributed by atoms with Gasteiger partial charge in [-0.2, -0.15) is 0 Å². The molecule has 0 aromatic carbocycles. The summed E-state index contributed by atoms with van der Waals surface area (Å²) in [6.45, 7) is 12.9. The van der Waals surface area contributed by atoms with Gasteiger partial charge in [-0.25, -0.2) is 0 Å². The zero-order valence-electron chi connectivity index (χ0n) is 10.9. The number of likely N-dealkylation sites (N-methyl/N-ethyl adjacent to an activating group) is 1. The van der Waals surface area contributed by atoms with E-state index in [-0.39, 0.29) is 11.4 Å². The van der Waals surface area contributed by atoms with Gasteiger partial charge in [0.25, 0.3) is 0 Å². The Morgan fingerprint density at radius 3 is 1.93 bits per heavy atom. The number of carbonyl (C=O) groups is 1. The molecule has 0 aliphatic heterocycles. The summed E-state index contributed by atoms with van der Waals surface area (Å²) in [5.41, 5.74) is -0.0375. The standard InChI is InChI=1S/C12H26N2O/c1-6-12(5,7-2)13-11(15)10-14(8-3)9-4/h6-10H2,1-5H3,(H,13,15). The highest BCUT2D eigenvalue weighted by Crippen LogP contribution is 2.13. The van der Waals surface area contributed by atoms with Gasteiger partial charge in [-0.15, -0.1) is 0 Å². The molecule has 3 heteroatoms. The lowest BCUT2D eigenvalue weighted by molar-refractivity contribution is -0.124. The molecule has 1 amide bonds. The highest BCUT2D eigenvalue weighted by Gasteiger charge is 2.22. The largest absolute Gasteiger partial charge is 0.350 e. The molecule has 0 heterocycles. The minimum atomic E-state index is -0.0375. The molecule has 0 rings (SSSR count). The molecule has 0 saturated carbocycles. The van der Waals surface area contributed by atoms with E-state index < -0.39 is 0 Å². The Morgan fingerprint density at radius 1 is 1.13 bits per heavy atom. The van der Waals surface area contributed by atoms with Crippen molar-refractivity contribution >= 4 is 5.91 Å². The first kappa shape index (κ1) is 14.4. The van der Waals surface area contributed by atoms with E-state index in [2.05, 4.69) is 44.8 Å². The van der Waals surface area contributed by atoms with E-state index in [0.717, 1.165) is 25.9 Å². The van der Waals surface area contributed by atoms with Gasteiger partial charge < -0.3 is 5.32 Å². The molecule has 0 saturated heterocycles. The van der Waals surface area contributed by atoms with E-state index in [0.29, 0.717) is 6.54 Å². The third-order valence-corrected chi connectivity index (χ3v) is 3.26. The molecule has 0 fully saturated rings. The lowest BCUT2D eigenvalue weighted by Gasteiger charge is -2.29. The fraction of sp³-hybridized carbons (Fsp3) is 0.917. The lowest BCUT2D eigenvalue weighted by Crippen LogP contribution is -2.48. The van der Waals surface area contributed by atoms with Gasteiger partial charge in [0.2, 0.25) is 5.91 Å². The average molecular weight is 214 g/mol. The molecule has 15 heavy (non-hydrogen) atoms. The maximum atomic E-state index is 11.8. The zero-order valence-corrected chi connectivity index (χ0v) is 10.9. The summed E-state index contributed by atoms with van der Waals surface area (Å²) < 4.78 is 0. The number of carbonyl (C=O) groups excluding carboxylic acids is 1. The van der Waals surface area contributed by atoms with Crippen molar-refractivity contribution in [1.82, 2.24) is 10.2 Å². The van der Waals surface area contributed by atoms with Crippen LogP contribution in [0.3, 0.4) is 0 Å². The smallest absolute Gasteiger partial charge is 0.234 e. The number of hydrogen-bond acceptors (Lipinski definition) is 2. The van der Waals surface area contributed by atoms with Crippen molar-refractivity contribution < 1.29 is 4.79 Å². The lowest BCUT2D eigenvalue weighted by atomic mass is 9.95. The summed E-state index contributed by atoms with van der Waals surface area (Å²) in [6, 6.07) is 0. The van der Waals surface area contributed by atoms with E-state index >= 15 is 0 Å². The van der Waals surface area contributed by atoms with Gasteiger partial charge in [-0.05, 0) is 32.9 Å². The second-order valence-electron chi connectivity index (χ2n) is 4.28. The molecule has 0 aromatic rings. The number of hydrogen-bond donors (Lipinski definition) is 1. The maximum Gasteiger partial charge on any atom is 0.234 e. The molecule has 0 aliphatic rings. The monoisotopic (exact) mass is 214 g/mol. The molecule has 0 radical (unpaired) electrons. The normalized spacial score (nSPS) is 11.9. The molecule has 3 nitrogen and oxygen atoms in total. The second-order valence-corrected chi connectivity index (χ2v) is 4.28. The van der Waals surface area contributed by atoms with Crippen LogP contribution in [0.2, 0.25) is 0 Å². The quantitative estimate of drug-likeness (QED) is 0.703. The maximum absolute atomic E-state index is 11.8. The summed E-state index contributed by atoms with van der Waals surface area (Å²) >= 11 is 0. The van der Waals surface area contributed by atoms with Gasteiger partial charge in [0.15, 0.2) is 0 Å². The summed E-state index contributed by atoms with van der Waals surface area (Å²) in [4.78, 5) is 13.9. The molecule has 1 N–H and O–H groups in total. The number of nitrogens with zero attached hydrogens (tertiary/aromatic N) is 1. The van der Waals surface area contributed by atoms with E-state index in [9.17, 15) is 4.79 Å². The number of rotatable bonds is 7. The van der Waals surface area contributed by atoms with Gasteiger partial charge in [0, 0.05) is 5.54 Å². The first-order valence-corrected chi connectivity index (χ1v) is 6.04. The highest BCUT2D eigenvalue weighted by atomic mass is 16.2. The van der Waals surface area contributed by atoms with E-state index in [1.807, 2.05) is 0 Å². The van der Waals surface area contributed by atoms with Crippen molar-refractivity contribution in [3.05, 3.63) is 0 Å². The van der Waals surface area contributed by atoms with Crippen LogP contribution in [0.15, 0.2) is 0 Å². The van der Waals surface area contributed by atoms with Crippen molar-refractivity contribution in [3.8, 4) is 0 Å². The zero-order chi connectivity index (χ0) is 11.9. The van der Waals surface area contributed by atoms with Crippen LogP contribution >= 0.6 is 0 Å². The van der Waals surface area contributed by atoms with Crippen LogP contribution in [0.25, 0.3) is 0 Å². The minimum absolute atomic E-state index is 0.0375. The van der Waals surface area contributed by atoms with Crippen LogP contribution in [0.4, 0.5) is 0 Å². The molecule has 0 aromatic heterocycles. The van der Waals surface area contributed by atoms with Crippen molar-refractivity contribution in [2.45, 2.75) is 53.0 Å². The van der Waals surface area contributed by atoms with Crippen molar-refractivity contribution in [3.63, 3.8) is 0 Å². The first-order chi connectivity index (χ1) is 7.01. The van der Waals surface area contributed by atoms with Crippen molar-refractivity contribution in [2.24, 2.45) is 0 Å². The van der Waals surface area contributed by atoms with Crippen LogP contribution in [-0.2, 0) is 4.79 Å². The van der Waals surface area contributed by atoms with Crippen LogP contribution in [0, 0.1) is 0 Å². The van der Waals surface area contributed by atoms with Crippen LogP contribution in [0.1, 0.15) is 47.5 Å². The molecule has 90 valence electrons. The topological polar surface area (TPSA) is 32.3 Å². The molecular weight excluding hydrogens is 188 g/mol. The second kappa shape index (κ2) is 6.83. The van der Waals surface area contributed by atoms with Crippen LogP contribution in [0.5, 0.6) is 0 Å². The Balaban J connectivity index is 4.12. The Hall–Kier alpha value is -0.570. The van der Waals surface area contributed by atoms with Crippen molar-refractivity contribution in [2.75, 3.05) is 19.6 Å². The van der Waals surface area contributed by atoms with E-state index in [4.69, 9.17) is 0 Å². The Kier molecular flexibility index (Phi) is 6.57. The molecule has 0 atom stereocenters. The van der Waals surface area contributed by atoms with Gasteiger partial charge in [-0.3, -0.25) is 9.69 Å². The molecule has 0 unspecified atom stereocenters. The SMILES string of the molecule is CCN(CC)CC(=O)NC(C)(CC)CC. The predicted molar refractivity (Wildman–Crippen MR) is 64.9 cm³/mol. The Morgan fingerprint density at radius 2 is 1.60 bits per heavy atom. The summed E-state index contributed by atoms with van der Waals surface area (Å²) in [6.07, 6.45) is 1.96. The van der Waals surface area contributed by atoms with Crippen LogP contribution < -0.4 is 5.32 Å². The molecule has 0 bridgehead atoms. The molecule has 0 aliphatic carbocycles. The first-order valence-electron chi connectivity index (χ1n) is 6.04. The molecule has 0 spiro atoms. The Bertz CT molecular complexity index is 184. The third kappa shape index (κ3) is 5.17. The highest BCUT2D eigenvalue weighted by molar-refractivity contribution is 5.78. The van der Waals surface area contributed by atoms with Gasteiger partial charge >= 0.3 is 0 Å². The van der Waals surface area contributed by atoms with E-state index in [1.165, 1.54) is 0 Å². The van der Waals surface area contributed by atoms with Gasteiger partial charge in [0.05, 0.1) is 6.54 Å².